The van der Waals surface area contributed by atoms with Crippen LogP contribution in [0.5, 0.6) is 0 Å². The van der Waals surface area contributed by atoms with Crippen LogP contribution in [0.4, 0.5) is 5.69 Å². The maximum atomic E-state index is 3.49. The molecular formula is C10H13BrN2. The summed E-state index contributed by atoms with van der Waals surface area (Å²) in [7, 11) is 0. The molecule has 1 aromatic carbocycles. The Balaban J connectivity index is 2.00. The summed E-state index contributed by atoms with van der Waals surface area (Å²) >= 11 is 3.46. The second kappa shape index (κ2) is 4.11. The van der Waals surface area contributed by atoms with Crippen molar-refractivity contribution in [3.8, 4) is 0 Å². The van der Waals surface area contributed by atoms with E-state index in [1.165, 1.54) is 12.1 Å². The Hall–Kier alpha value is -0.540. The van der Waals surface area contributed by atoms with Crippen LogP contribution < -0.4 is 10.6 Å². The summed E-state index contributed by atoms with van der Waals surface area (Å²) in [4.78, 5) is 0. The normalized spacial score (nSPS) is 21.8. The van der Waals surface area contributed by atoms with Gasteiger partial charge in [-0.05, 0) is 31.2 Å². The highest BCUT2D eigenvalue weighted by Gasteiger charge is 2.13. The monoisotopic (exact) mass is 240 g/mol. The Morgan fingerprint density at radius 2 is 2.38 bits per heavy atom. The number of halogens is 1. The van der Waals surface area contributed by atoms with Gasteiger partial charge in [0.05, 0.1) is 0 Å². The highest BCUT2D eigenvalue weighted by atomic mass is 79.9. The molecule has 1 aliphatic heterocycles. The molecule has 0 aromatic heterocycles. The fourth-order valence-electron chi connectivity index (χ4n) is 1.59. The van der Waals surface area contributed by atoms with Crippen LogP contribution in [0.2, 0.25) is 0 Å². The van der Waals surface area contributed by atoms with Crippen LogP contribution in [0, 0.1) is 0 Å². The van der Waals surface area contributed by atoms with E-state index >= 15 is 0 Å². The van der Waals surface area contributed by atoms with Crippen molar-refractivity contribution in [1.82, 2.24) is 5.32 Å². The second-order valence-corrected chi connectivity index (χ2v) is 4.26. The largest absolute Gasteiger partial charge is 0.381 e. The Labute approximate surface area is 86.9 Å². The molecule has 1 saturated heterocycles. The fraction of sp³-hybridized carbons (Fsp3) is 0.400. The summed E-state index contributed by atoms with van der Waals surface area (Å²) in [5, 5.41) is 6.82. The molecule has 13 heavy (non-hydrogen) atoms. The zero-order valence-electron chi connectivity index (χ0n) is 7.39. The lowest BCUT2D eigenvalue weighted by Gasteiger charge is -2.12. The topological polar surface area (TPSA) is 24.1 Å². The van der Waals surface area contributed by atoms with Gasteiger partial charge in [-0.1, -0.05) is 22.0 Å². The smallest absolute Gasteiger partial charge is 0.0398 e. The van der Waals surface area contributed by atoms with E-state index < -0.39 is 0 Å². The van der Waals surface area contributed by atoms with E-state index in [9.17, 15) is 0 Å². The van der Waals surface area contributed by atoms with Gasteiger partial charge in [0.25, 0.3) is 0 Å². The van der Waals surface area contributed by atoms with Crippen LogP contribution in [-0.4, -0.2) is 19.1 Å². The van der Waals surface area contributed by atoms with Crippen molar-refractivity contribution in [3.05, 3.63) is 28.7 Å². The van der Waals surface area contributed by atoms with Crippen LogP contribution in [0.15, 0.2) is 28.7 Å². The molecule has 3 heteroatoms. The molecule has 2 nitrogen and oxygen atoms in total. The lowest BCUT2D eigenvalue weighted by molar-refractivity contribution is 0.793. The first-order valence-corrected chi connectivity index (χ1v) is 5.37. The lowest BCUT2D eigenvalue weighted by atomic mass is 10.2. The third kappa shape index (κ3) is 2.45. The summed E-state index contributed by atoms with van der Waals surface area (Å²) in [5.41, 5.74) is 1.20. The fourth-order valence-corrected chi connectivity index (χ4v) is 1.99. The number of nitrogens with one attached hydrogen (secondary N) is 2. The maximum absolute atomic E-state index is 3.49. The first-order chi connectivity index (χ1) is 6.34. The van der Waals surface area contributed by atoms with Crippen molar-refractivity contribution in [2.75, 3.05) is 18.4 Å². The number of benzene rings is 1. The quantitative estimate of drug-likeness (QED) is 0.829. The van der Waals surface area contributed by atoms with E-state index in [-0.39, 0.29) is 0 Å². The third-order valence-electron chi connectivity index (χ3n) is 2.26. The SMILES string of the molecule is Brc1cccc(N[C@@H]2CCNC2)c1. The van der Waals surface area contributed by atoms with E-state index in [2.05, 4.69) is 44.8 Å². The van der Waals surface area contributed by atoms with E-state index in [0.29, 0.717) is 6.04 Å². The highest BCUT2D eigenvalue weighted by molar-refractivity contribution is 9.10. The van der Waals surface area contributed by atoms with Gasteiger partial charge in [-0.15, -0.1) is 0 Å². The molecule has 1 aromatic rings. The summed E-state index contributed by atoms with van der Waals surface area (Å²) in [5.74, 6) is 0. The Morgan fingerprint density at radius 1 is 1.46 bits per heavy atom. The van der Waals surface area contributed by atoms with E-state index in [1.54, 1.807) is 0 Å². The average Bonchev–Trinajstić information content (AvgIpc) is 2.57. The summed E-state index contributed by atoms with van der Waals surface area (Å²) in [6, 6.07) is 8.89. The number of rotatable bonds is 2. The van der Waals surface area contributed by atoms with Gasteiger partial charge >= 0.3 is 0 Å². The minimum absolute atomic E-state index is 0.592. The number of anilines is 1. The summed E-state index contributed by atoms with van der Waals surface area (Å²) in [6.45, 7) is 2.21. The predicted molar refractivity (Wildman–Crippen MR) is 59.0 cm³/mol. The molecule has 1 atom stereocenters. The van der Waals surface area contributed by atoms with Crippen LogP contribution >= 0.6 is 15.9 Å². The van der Waals surface area contributed by atoms with Crippen molar-refractivity contribution in [1.29, 1.82) is 0 Å². The van der Waals surface area contributed by atoms with E-state index in [0.717, 1.165) is 17.6 Å². The average molecular weight is 241 g/mol. The Bertz CT molecular complexity index is 282. The van der Waals surface area contributed by atoms with Gasteiger partial charge in [-0.2, -0.15) is 0 Å². The molecule has 0 radical (unpaired) electrons. The molecular weight excluding hydrogens is 228 g/mol. The highest BCUT2D eigenvalue weighted by Crippen LogP contribution is 2.17. The van der Waals surface area contributed by atoms with Gasteiger partial charge < -0.3 is 10.6 Å². The summed E-state index contributed by atoms with van der Waals surface area (Å²) < 4.78 is 1.13. The molecule has 1 aliphatic rings. The molecule has 1 fully saturated rings. The Kier molecular flexibility index (Phi) is 2.86. The first-order valence-electron chi connectivity index (χ1n) is 4.57. The van der Waals surface area contributed by atoms with Crippen LogP contribution in [0.25, 0.3) is 0 Å². The van der Waals surface area contributed by atoms with Gasteiger partial charge in [0.1, 0.15) is 0 Å². The van der Waals surface area contributed by atoms with E-state index in [4.69, 9.17) is 0 Å². The first kappa shape index (κ1) is 9.03. The molecule has 2 rings (SSSR count). The van der Waals surface area contributed by atoms with Gasteiger partial charge in [-0.25, -0.2) is 0 Å². The van der Waals surface area contributed by atoms with Gasteiger partial charge in [0.15, 0.2) is 0 Å². The molecule has 1 heterocycles. The summed E-state index contributed by atoms with van der Waals surface area (Å²) in [6.07, 6.45) is 1.21. The minimum Gasteiger partial charge on any atom is -0.381 e. The number of hydrogen-bond donors (Lipinski definition) is 2. The van der Waals surface area contributed by atoms with Crippen molar-refractivity contribution < 1.29 is 0 Å². The minimum atomic E-state index is 0.592. The van der Waals surface area contributed by atoms with Crippen LogP contribution in [0.1, 0.15) is 6.42 Å². The molecule has 0 bridgehead atoms. The standard InChI is InChI=1S/C10H13BrN2/c11-8-2-1-3-9(6-8)13-10-4-5-12-7-10/h1-3,6,10,12-13H,4-5,7H2/t10-/m1/s1. The van der Waals surface area contributed by atoms with Crippen molar-refractivity contribution >= 4 is 21.6 Å². The zero-order valence-corrected chi connectivity index (χ0v) is 8.97. The molecule has 0 unspecified atom stereocenters. The maximum Gasteiger partial charge on any atom is 0.0398 e. The van der Waals surface area contributed by atoms with Gasteiger partial charge in [0, 0.05) is 22.7 Å². The van der Waals surface area contributed by atoms with Crippen molar-refractivity contribution in [3.63, 3.8) is 0 Å². The van der Waals surface area contributed by atoms with E-state index in [1.807, 2.05) is 6.07 Å². The molecule has 0 amide bonds. The van der Waals surface area contributed by atoms with Crippen LogP contribution in [-0.2, 0) is 0 Å². The van der Waals surface area contributed by atoms with Crippen LogP contribution in [0.3, 0.4) is 0 Å². The van der Waals surface area contributed by atoms with Crippen molar-refractivity contribution in [2.45, 2.75) is 12.5 Å². The van der Waals surface area contributed by atoms with Gasteiger partial charge in [0.2, 0.25) is 0 Å². The number of hydrogen-bond acceptors (Lipinski definition) is 2. The molecule has 0 spiro atoms. The molecule has 70 valence electrons. The van der Waals surface area contributed by atoms with Gasteiger partial charge in [-0.3, -0.25) is 0 Å². The molecule has 0 saturated carbocycles. The zero-order chi connectivity index (χ0) is 9.10. The second-order valence-electron chi connectivity index (χ2n) is 3.34. The lowest BCUT2D eigenvalue weighted by Crippen LogP contribution is -2.21. The molecule has 0 aliphatic carbocycles. The predicted octanol–water partition coefficient (Wildman–Crippen LogP) is 2.22. The van der Waals surface area contributed by atoms with Crippen molar-refractivity contribution in [2.24, 2.45) is 0 Å². The Morgan fingerprint density at radius 3 is 3.08 bits per heavy atom. The molecule has 2 N–H and O–H groups in total. The third-order valence-corrected chi connectivity index (χ3v) is 2.75.